The smallest absolute Gasteiger partial charge is 0.0897 e. The summed E-state index contributed by atoms with van der Waals surface area (Å²) in [5.74, 6) is 0. The summed E-state index contributed by atoms with van der Waals surface area (Å²) in [5, 5.41) is 10.7. The number of hydrogen-bond acceptors (Lipinski definition) is 2. The van der Waals surface area contributed by atoms with Crippen molar-refractivity contribution in [1.82, 2.24) is 4.90 Å². The van der Waals surface area contributed by atoms with E-state index >= 15 is 0 Å². The fraction of sp³-hybridized carbons (Fsp3) is 0.455. The summed E-state index contributed by atoms with van der Waals surface area (Å²) in [6.45, 7) is 3.11. The molecular weight excluding hydrogens is 349 g/mol. The molecule has 1 fully saturated rings. The minimum Gasteiger partial charge on any atom is -0.388 e. The summed E-state index contributed by atoms with van der Waals surface area (Å²) in [6.07, 6.45) is 3.40. The summed E-state index contributed by atoms with van der Waals surface area (Å²) in [6, 6.07) is 13.2. The van der Waals surface area contributed by atoms with Gasteiger partial charge in [0.05, 0.1) is 12.3 Å². The van der Waals surface area contributed by atoms with E-state index in [-0.39, 0.29) is 6.67 Å². The second-order valence-corrected chi connectivity index (χ2v) is 8.38. The van der Waals surface area contributed by atoms with Gasteiger partial charge in [-0.05, 0) is 66.5 Å². The molecule has 0 saturated carbocycles. The molecule has 26 heavy (non-hydrogen) atoms. The van der Waals surface area contributed by atoms with Crippen LogP contribution in [0.1, 0.15) is 42.5 Å². The van der Waals surface area contributed by atoms with Crippen LogP contribution in [0.2, 0.25) is 5.02 Å². The summed E-state index contributed by atoms with van der Waals surface area (Å²) in [5.41, 5.74) is 5.57. The number of hydrogen-bond donors (Lipinski definition) is 1. The third-order valence-corrected chi connectivity index (χ3v) is 6.04. The van der Waals surface area contributed by atoms with Crippen LogP contribution in [0.5, 0.6) is 0 Å². The van der Waals surface area contributed by atoms with E-state index in [9.17, 15) is 9.50 Å². The number of aliphatic hydroxyl groups is 1. The highest BCUT2D eigenvalue weighted by Gasteiger charge is 2.42. The Hall–Kier alpha value is -1.42. The van der Waals surface area contributed by atoms with Gasteiger partial charge in [0.15, 0.2) is 0 Å². The lowest BCUT2D eigenvalue weighted by molar-refractivity contribution is -0.103. The second kappa shape index (κ2) is 6.95. The van der Waals surface area contributed by atoms with Gasteiger partial charge in [-0.3, -0.25) is 9.29 Å². The molecule has 2 aliphatic rings. The number of β-amino-alcohol motifs (C(OH)–C–C–N with tert-alkyl or cyclic N) is 1. The van der Waals surface area contributed by atoms with E-state index in [1.165, 1.54) is 16.7 Å². The Kier molecular flexibility index (Phi) is 4.81. The van der Waals surface area contributed by atoms with Crippen molar-refractivity contribution in [1.29, 1.82) is 0 Å². The fourth-order valence-corrected chi connectivity index (χ4v) is 4.66. The highest BCUT2D eigenvalue weighted by atomic mass is 35.5. The number of nitrogens with zero attached hydrogens (tertiary/aromatic N) is 1. The molecule has 0 amide bonds. The number of alkyl halides is 1. The SMILES string of the molecule is CC1(O)CN(C2CCc3cc(-c4ccc(CCCF)c(Cl)c4)ccc32)C1. The molecule has 1 N–H and O–H groups in total. The van der Waals surface area contributed by atoms with E-state index in [2.05, 4.69) is 29.2 Å². The van der Waals surface area contributed by atoms with Crippen molar-refractivity contribution in [2.24, 2.45) is 0 Å². The van der Waals surface area contributed by atoms with Gasteiger partial charge in [-0.1, -0.05) is 41.9 Å². The largest absolute Gasteiger partial charge is 0.388 e. The van der Waals surface area contributed by atoms with Gasteiger partial charge in [-0.15, -0.1) is 0 Å². The van der Waals surface area contributed by atoms with E-state index in [4.69, 9.17) is 11.6 Å². The van der Waals surface area contributed by atoms with E-state index in [1.54, 1.807) is 0 Å². The standard InChI is InChI=1S/C22H25ClFNO/c1-22(26)13-25(14-22)21-9-7-18-11-16(6-8-19(18)21)17-5-4-15(3-2-10-24)20(23)12-17/h4-6,8,11-12,21,26H,2-3,7,9-10,13-14H2,1H3. The molecule has 2 aromatic carbocycles. The summed E-state index contributed by atoms with van der Waals surface area (Å²) in [7, 11) is 0. The summed E-state index contributed by atoms with van der Waals surface area (Å²) >= 11 is 6.40. The van der Waals surface area contributed by atoms with Gasteiger partial charge in [0, 0.05) is 24.2 Å². The minimum absolute atomic E-state index is 0.309. The van der Waals surface area contributed by atoms with Crippen molar-refractivity contribution in [3.8, 4) is 11.1 Å². The molecule has 1 heterocycles. The van der Waals surface area contributed by atoms with Gasteiger partial charge >= 0.3 is 0 Å². The van der Waals surface area contributed by atoms with Crippen molar-refractivity contribution in [3.63, 3.8) is 0 Å². The van der Waals surface area contributed by atoms with Crippen molar-refractivity contribution in [3.05, 3.63) is 58.1 Å². The zero-order valence-corrected chi connectivity index (χ0v) is 15.9. The Labute approximate surface area is 159 Å². The predicted molar refractivity (Wildman–Crippen MR) is 104 cm³/mol. The molecule has 0 bridgehead atoms. The van der Waals surface area contributed by atoms with E-state index in [1.807, 2.05) is 19.1 Å². The zero-order valence-electron chi connectivity index (χ0n) is 15.1. The van der Waals surface area contributed by atoms with Crippen LogP contribution < -0.4 is 0 Å². The zero-order chi connectivity index (χ0) is 18.3. The van der Waals surface area contributed by atoms with E-state index in [0.717, 1.165) is 42.1 Å². The molecule has 1 aliphatic carbocycles. The Balaban J connectivity index is 1.54. The third-order valence-electron chi connectivity index (χ3n) is 5.68. The maximum atomic E-state index is 12.4. The summed E-state index contributed by atoms with van der Waals surface area (Å²) in [4.78, 5) is 2.38. The van der Waals surface area contributed by atoms with Crippen LogP contribution in [0.3, 0.4) is 0 Å². The summed E-state index contributed by atoms with van der Waals surface area (Å²) < 4.78 is 12.4. The Bertz CT molecular complexity index is 812. The Morgan fingerprint density at radius 1 is 1.19 bits per heavy atom. The fourth-order valence-electron chi connectivity index (χ4n) is 4.39. The highest BCUT2D eigenvalue weighted by molar-refractivity contribution is 6.31. The average molecular weight is 374 g/mol. The molecule has 2 nitrogen and oxygen atoms in total. The number of benzene rings is 2. The molecule has 2 aromatic rings. The number of fused-ring (bicyclic) bond motifs is 1. The first-order valence-corrected chi connectivity index (χ1v) is 9.79. The molecule has 0 radical (unpaired) electrons. The van der Waals surface area contributed by atoms with Crippen LogP contribution in [0.4, 0.5) is 4.39 Å². The molecule has 0 aromatic heterocycles. The number of aryl methyl sites for hydroxylation is 2. The van der Waals surface area contributed by atoms with Crippen LogP contribution in [-0.4, -0.2) is 35.4 Å². The molecule has 1 aliphatic heterocycles. The molecule has 1 atom stereocenters. The van der Waals surface area contributed by atoms with Gasteiger partial charge in [0.2, 0.25) is 0 Å². The van der Waals surface area contributed by atoms with Gasteiger partial charge in [-0.2, -0.15) is 0 Å². The molecule has 1 unspecified atom stereocenters. The van der Waals surface area contributed by atoms with Crippen molar-refractivity contribution >= 4 is 11.6 Å². The van der Waals surface area contributed by atoms with Crippen LogP contribution in [0, 0.1) is 0 Å². The topological polar surface area (TPSA) is 23.5 Å². The van der Waals surface area contributed by atoms with E-state index < -0.39 is 5.60 Å². The molecular formula is C22H25ClFNO. The van der Waals surface area contributed by atoms with Crippen LogP contribution in [-0.2, 0) is 12.8 Å². The van der Waals surface area contributed by atoms with Crippen LogP contribution in [0.15, 0.2) is 36.4 Å². The van der Waals surface area contributed by atoms with Crippen LogP contribution in [0.25, 0.3) is 11.1 Å². The lowest BCUT2D eigenvalue weighted by atomic mass is 9.92. The number of rotatable bonds is 5. The van der Waals surface area contributed by atoms with E-state index in [0.29, 0.717) is 18.9 Å². The molecule has 1 saturated heterocycles. The number of halogens is 2. The number of likely N-dealkylation sites (tertiary alicyclic amines) is 1. The molecule has 4 rings (SSSR count). The maximum absolute atomic E-state index is 12.4. The van der Waals surface area contributed by atoms with Crippen molar-refractivity contribution < 1.29 is 9.50 Å². The maximum Gasteiger partial charge on any atom is 0.0897 e. The second-order valence-electron chi connectivity index (χ2n) is 7.97. The van der Waals surface area contributed by atoms with Crippen molar-refractivity contribution in [2.45, 2.75) is 44.2 Å². The van der Waals surface area contributed by atoms with Gasteiger partial charge < -0.3 is 5.11 Å². The molecule has 138 valence electrons. The molecule has 4 heteroatoms. The van der Waals surface area contributed by atoms with Crippen LogP contribution >= 0.6 is 11.6 Å². The Morgan fingerprint density at radius 3 is 2.62 bits per heavy atom. The Morgan fingerprint density at radius 2 is 1.92 bits per heavy atom. The normalized spacial score (nSPS) is 21.5. The minimum atomic E-state index is -0.524. The third kappa shape index (κ3) is 3.40. The molecule has 0 spiro atoms. The average Bonchev–Trinajstić information content (AvgIpc) is 3.01. The predicted octanol–water partition coefficient (Wildman–Crippen LogP) is 4.96. The van der Waals surface area contributed by atoms with Gasteiger partial charge in [0.1, 0.15) is 0 Å². The van der Waals surface area contributed by atoms with Crippen molar-refractivity contribution in [2.75, 3.05) is 19.8 Å². The lowest BCUT2D eigenvalue weighted by Crippen LogP contribution is -2.60. The van der Waals surface area contributed by atoms with Gasteiger partial charge in [-0.25, -0.2) is 0 Å². The first-order valence-electron chi connectivity index (χ1n) is 9.41. The first-order chi connectivity index (χ1) is 12.5. The monoisotopic (exact) mass is 373 g/mol. The lowest BCUT2D eigenvalue weighted by Gasteiger charge is -2.47. The highest BCUT2D eigenvalue weighted by Crippen LogP contribution is 2.41. The van der Waals surface area contributed by atoms with Gasteiger partial charge in [0.25, 0.3) is 0 Å². The quantitative estimate of drug-likeness (QED) is 0.800. The first kappa shape index (κ1) is 18.0.